The number of hydrogen-bond donors (Lipinski definition) is 0. The lowest BCUT2D eigenvalue weighted by Gasteiger charge is -2.04. The van der Waals surface area contributed by atoms with Gasteiger partial charge >= 0.3 is 0 Å². The Morgan fingerprint density at radius 3 is 3.00 bits per heavy atom. The molecule has 0 nitrogen and oxygen atoms in total. The van der Waals surface area contributed by atoms with Gasteiger partial charge in [-0.05, 0) is 32.1 Å². The summed E-state index contributed by atoms with van der Waals surface area (Å²) in [4.78, 5) is 0. The lowest BCUT2D eigenvalue weighted by atomic mass is 10.0. The molecule has 1 atom stereocenters. The summed E-state index contributed by atoms with van der Waals surface area (Å²) >= 11 is 0. The molecule has 0 aromatic heterocycles. The van der Waals surface area contributed by atoms with E-state index in [0.717, 1.165) is 12.3 Å². The van der Waals surface area contributed by atoms with Crippen molar-refractivity contribution in [1.29, 1.82) is 0 Å². The minimum Gasteiger partial charge on any atom is -0.0876 e. The molecule has 0 N–H and O–H groups in total. The highest BCUT2D eigenvalue weighted by Crippen LogP contribution is 2.18. The van der Waals surface area contributed by atoms with Crippen LogP contribution in [0.25, 0.3) is 0 Å². The van der Waals surface area contributed by atoms with Gasteiger partial charge in [0.2, 0.25) is 0 Å². The van der Waals surface area contributed by atoms with Gasteiger partial charge in [-0.2, -0.15) is 0 Å². The Balaban J connectivity index is 2.59. The number of hydrogen-bond acceptors (Lipinski definition) is 0. The average Bonchev–Trinajstić information content (AvgIpc) is 2.13. The van der Waals surface area contributed by atoms with Gasteiger partial charge in [-0.1, -0.05) is 30.7 Å². The molecule has 0 aliphatic heterocycles. The van der Waals surface area contributed by atoms with Crippen molar-refractivity contribution in [2.24, 2.45) is 5.92 Å². The zero-order valence-corrected chi connectivity index (χ0v) is 6.93. The van der Waals surface area contributed by atoms with E-state index in [0.29, 0.717) is 0 Å². The molecule has 0 saturated carbocycles. The Morgan fingerprint density at radius 2 is 2.30 bits per heavy atom. The van der Waals surface area contributed by atoms with E-state index in [1.54, 1.807) is 0 Å². The maximum atomic E-state index is 2.42. The molecule has 0 spiro atoms. The van der Waals surface area contributed by atoms with E-state index in [9.17, 15) is 0 Å². The van der Waals surface area contributed by atoms with E-state index in [1.165, 1.54) is 18.4 Å². The van der Waals surface area contributed by atoms with Crippen molar-refractivity contribution in [2.75, 3.05) is 0 Å². The Hall–Kier alpha value is -0.520. The normalized spacial score (nSPS) is 25.8. The van der Waals surface area contributed by atoms with Crippen LogP contribution in [0.4, 0.5) is 0 Å². The van der Waals surface area contributed by atoms with Crippen molar-refractivity contribution >= 4 is 0 Å². The maximum absolute atomic E-state index is 2.42. The fraction of sp³-hybridized carbons (Fsp3) is 0.600. The van der Waals surface area contributed by atoms with Crippen LogP contribution in [0.3, 0.4) is 0 Å². The fourth-order valence-corrected chi connectivity index (χ4v) is 1.36. The van der Waals surface area contributed by atoms with Crippen LogP contribution in [-0.2, 0) is 0 Å². The van der Waals surface area contributed by atoms with Gasteiger partial charge in [0.15, 0.2) is 0 Å². The quantitative estimate of drug-likeness (QED) is 0.485. The van der Waals surface area contributed by atoms with E-state index in [4.69, 9.17) is 0 Å². The van der Waals surface area contributed by atoms with Crippen LogP contribution in [0.2, 0.25) is 0 Å². The summed E-state index contributed by atoms with van der Waals surface area (Å²) in [7, 11) is 0. The Kier molecular flexibility index (Phi) is 2.73. The van der Waals surface area contributed by atoms with Crippen molar-refractivity contribution in [3.05, 3.63) is 23.8 Å². The van der Waals surface area contributed by atoms with Gasteiger partial charge in [0.1, 0.15) is 0 Å². The third kappa shape index (κ3) is 2.02. The predicted octanol–water partition coefficient (Wildman–Crippen LogP) is 3.31. The molecular weight excluding hydrogens is 120 g/mol. The Bertz CT molecular complexity index is 151. The topological polar surface area (TPSA) is 0 Å². The van der Waals surface area contributed by atoms with Crippen molar-refractivity contribution in [2.45, 2.75) is 33.1 Å². The number of rotatable bonds is 1. The standard InChI is InChI=1S/C10H16/c1-3-10-7-5-4-6-9(2)8-10/h4-5,8,10H,3,6-7H2,1-2H3. The average molecular weight is 136 g/mol. The summed E-state index contributed by atoms with van der Waals surface area (Å²) in [6.45, 7) is 4.48. The van der Waals surface area contributed by atoms with Gasteiger partial charge in [0, 0.05) is 0 Å². The van der Waals surface area contributed by atoms with E-state index in [1.807, 2.05) is 0 Å². The SMILES string of the molecule is CCC1C=C(C)CC=CC1. The second kappa shape index (κ2) is 3.60. The van der Waals surface area contributed by atoms with Crippen molar-refractivity contribution in [3.8, 4) is 0 Å². The summed E-state index contributed by atoms with van der Waals surface area (Å²) < 4.78 is 0. The van der Waals surface area contributed by atoms with E-state index < -0.39 is 0 Å². The third-order valence-electron chi connectivity index (χ3n) is 2.09. The molecule has 0 radical (unpaired) electrons. The van der Waals surface area contributed by atoms with Gasteiger partial charge in [-0.25, -0.2) is 0 Å². The number of allylic oxidation sites excluding steroid dienone is 4. The molecule has 0 bridgehead atoms. The van der Waals surface area contributed by atoms with Gasteiger partial charge in [0.25, 0.3) is 0 Å². The second-order valence-corrected chi connectivity index (χ2v) is 3.09. The molecule has 0 heterocycles. The van der Waals surface area contributed by atoms with Crippen molar-refractivity contribution in [1.82, 2.24) is 0 Å². The first kappa shape index (κ1) is 7.59. The van der Waals surface area contributed by atoms with Crippen molar-refractivity contribution < 1.29 is 0 Å². The molecule has 0 saturated heterocycles. The van der Waals surface area contributed by atoms with Crippen LogP contribution >= 0.6 is 0 Å². The van der Waals surface area contributed by atoms with Crippen LogP contribution < -0.4 is 0 Å². The molecule has 0 amide bonds. The summed E-state index contributed by atoms with van der Waals surface area (Å²) in [5, 5.41) is 0. The molecule has 1 unspecified atom stereocenters. The zero-order chi connectivity index (χ0) is 7.40. The maximum Gasteiger partial charge on any atom is -0.0141 e. The minimum absolute atomic E-state index is 0.804. The zero-order valence-electron chi connectivity index (χ0n) is 6.93. The van der Waals surface area contributed by atoms with Crippen LogP contribution in [0.1, 0.15) is 33.1 Å². The lowest BCUT2D eigenvalue weighted by molar-refractivity contribution is 0.637. The second-order valence-electron chi connectivity index (χ2n) is 3.09. The van der Waals surface area contributed by atoms with Crippen LogP contribution in [0.5, 0.6) is 0 Å². The highest BCUT2D eigenvalue weighted by molar-refractivity contribution is 5.10. The molecule has 0 fully saturated rings. The first-order chi connectivity index (χ1) is 4.83. The summed E-state index contributed by atoms with van der Waals surface area (Å²) in [6, 6.07) is 0. The molecule has 1 aliphatic rings. The molecule has 0 heteroatoms. The highest BCUT2D eigenvalue weighted by atomic mass is 14.1. The van der Waals surface area contributed by atoms with Crippen LogP contribution in [0.15, 0.2) is 23.8 Å². The summed E-state index contributed by atoms with van der Waals surface area (Å²) in [6.07, 6.45) is 10.7. The monoisotopic (exact) mass is 136 g/mol. The first-order valence-electron chi connectivity index (χ1n) is 4.15. The molecule has 0 aromatic carbocycles. The van der Waals surface area contributed by atoms with E-state index >= 15 is 0 Å². The largest absolute Gasteiger partial charge is 0.0876 e. The van der Waals surface area contributed by atoms with Crippen LogP contribution in [-0.4, -0.2) is 0 Å². The highest BCUT2D eigenvalue weighted by Gasteiger charge is 2.02. The van der Waals surface area contributed by atoms with Crippen molar-refractivity contribution in [3.63, 3.8) is 0 Å². The Labute approximate surface area is 63.6 Å². The molecule has 1 aliphatic carbocycles. The summed E-state index contributed by atoms with van der Waals surface area (Å²) in [5.74, 6) is 0.804. The predicted molar refractivity (Wildman–Crippen MR) is 45.9 cm³/mol. The molecule has 0 aromatic rings. The van der Waals surface area contributed by atoms with E-state index in [-0.39, 0.29) is 0 Å². The van der Waals surface area contributed by atoms with Gasteiger partial charge in [-0.15, -0.1) is 0 Å². The van der Waals surface area contributed by atoms with Gasteiger partial charge < -0.3 is 0 Å². The smallest absolute Gasteiger partial charge is 0.0141 e. The molecular formula is C10H16. The first-order valence-corrected chi connectivity index (χ1v) is 4.15. The molecule has 1 rings (SSSR count). The fourth-order valence-electron chi connectivity index (χ4n) is 1.36. The molecule has 56 valence electrons. The summed E-state index contributed by atoms with van der Waals surface area (Å²) in [5.41, 5.74) is 1.53. The Morgan fingerprint density at radius 1 is 1.50 bits per heavy atom. The molecule has 10 heavy (non-hydrogen) atoms. The minimum atomic E-state index is 0.804. The third-order valence-corrected chi connectivity index (χ3v) is 2.09. The van der Waals surface area contributed by atoms with Gasteiger partial charge in [0.05, 0.1) is 0 Å². The lowest BCUT2D eigenvalue weighted by Crippen LogP contribution is -1.90. The van der Waals surface area contributed by atoms with E-state index in [2.05, 4.69) is 32.1 Å². The van der Waals surface area contributed by atoms with Gasteiger partial charge in [-0.3, -0.25) is 0 Å². The van der Waals surface area contributed by atoms with Crippen LogP contribution in [0, 0.1) is 5.92 Å².